The van der Waals surface area contributed by atoms with Gasteiger partial charge in [-0.25, -0.2) is 18.5 Å². The average molecular weight is 212 g/mol. The molecule has 0 aliphatic carbocycles. The first-order valence-corrected chi connectivity index (χ1v) is 5.61. The Bertz CT molecular complexity index is 440. The molecule has 1 rings (SSSR count). The van der Waals surface area contributed by atoms with Gasteiger partial charge in [0.15, 0.2) is 5.03 Å². The molecule has 1 atom stereocenters. The third kappa shape index (κ3) is 2.18. The molecular weight excluding hydrogens is 200 g/mol. The second kappa shape index (κ2) is 3.89. The van der Waals surface area contributed by atoms with Gasteiger partial charge < -0.3 is 0 Å². The van der Waals surface area contributed by atoms with Crippen LogP contribution in [0.25, 0.3) is 0 Å². The Labute approximate surface area is 83.5 Å². The summed E-state index contributed by atoms with van der Waals surface area (Å²) in [4.78, 5) is 3.76. The van der Waals surface area contributed by atoms with Crippen LogP contribution in [0.3, 0.4) is 0 Å². The molecule has 1 heterocycles. The fraction of sp³-hybridized carbons (Fsp3) is 0.222. The van der Waals surface area contributed by atoms with Crippen LogP contribution in [0.4, 0.5) is 0 Å². The Hall–Kier alpha value is -1.20. The molecule has 0 fully saturated rings. The zero-order valence-electron chi connectivity index (χ0n) is 7.84. The highest BCUT2D eigenvalue weighted by Crippen LogP contribution is 2.21. The monoisotopic (exact) mass is 212 g/mol. The summed E-state index contributed by atoms with van der Waals surface area (Å²) in [5.41, 5.74) is 0.574. The summed E-state index contributed by atoms with van der Waals surface area (Å²) < 4.78 is 22.3. The first-order valence-electron chi connectivity index (χ1n) is 4.07. The van der Waals surface area contributed by atoms with Crippen molar-refractivity contribution in [1.29, 1.82) is 0 Å². The maximum atomic E-state index is 11.2. The van der Waals surface area contributed by atoms with Gasteiger partial charge in [0, 0.05) is 12.1 Å². The molecule has 0 aliphatic heterocycles. The van der Waals surface area contributed by atoms with Gasteiger partial charge in [-0.3, -0.25) is 0 Å². The number of aromatic nitrogens is 1. The van der Waals surface area contributed by atoms with E-state index in [-0.39, 0.29) is 10.9 Å². The molecule has 76 valence electrons. The number of pyridine rings is 1. The lowest BCUT2D eigenvalue weighted by atomic mass is 10.0. The van der Waals surface area contributed by atoms with Crippen molar-refractivity contribution in [3.8, 4) is 0 Å². The highest BCUT2D eigenvalue weighted by Gasteiger charge is 2.17. The molecule has 0 bridgehead atoms. The van der Waals surface area contributed by atoms with Gasteiger partial charge >= 0.3 is 0 Å². The smallest absolute Gasteiger partial charge is 0.243 e. The van der Waals surface area contributed by atoms with Crippen molar-refractivity contribution in [2.45, 2.75) is 17.9 Å². The van der Waals surface area contributed by atoms with E-state index in [0.29, 0.717) is 5.56 Å². The van der Waals surface area contributed by atoms with E-state index >= 15 is 0 Å². The topological polar surface area (TPSA) is 73.0 Å². The van der Waals surface area contributed by atoms with Crippen molar-refractivity contribution < 1.29 is 8.42 Å². The average Bonchev–Trinajstić information content (AvgIpc) is 2.15. The fourth-order valence-corrected chi connectivity index (χ4v) is 1.90. The molecule has 0 saturated heterocycles. The Morgan fingerprint density at radius 3 is 2.79 bits per heavy atom. The van der Waals surface area contributed by atoms with Gasteiger partial charge in [0.2, 0.25) is 0 Å². The lowest BCUT2D eigenvalue weighted by Crippen LogP contribution is -2.16. The fourth-order valence-electron chi connectivity index (χ4n) is 1.11. The molecule has 1 aromatic rings. The van der Waals surface area contributed by atoms with Gasteiger partial charge in [-0.15, -0.1) is 6.58 Å². The Morgan fingerprint density at radius 1 is 1.64 bits per heavy atom. The van der Waals surface area contributed by atoms with Crippen LogP contribution in [0.15, 0.2) is 36.0 Å². The minimum atomic E-state index is -3.75. The van der Waals surface area contributed by atoms with Crippen molar-refractivity contribution in [3.63, 3.8) is 0 Å². The van der Waals surface area contributed by atoms with Crippen LogP contribution < -0.4 is 5.14 Å². The lowest BCUT2D eigenvalue weighted by molar-refractivity contribution is 0.591. The van der Waals surface area contributed by atoms with Gasteiger partial charge in [0.05, 0.1) is 0 Å². The van der Waals surface area contributed by atoms with E-state index in [1.807, 2.05) is 6.92 Å². The van der Waals surface area contributed by atoms with E-state index in [1.54, 1.807) is 18.2 Å². The van der Waals surface area contributed by atoms with E-state index < -0.39 is 10.0 Å². The van der Waals surface area contributed by atoms with E-state index in [1.165, 1.54) is 6.20 Å². The standard InChI is InChI=1S/C9H12N2O2S/c1-3-7(2)8-5-4-6-11-9(8)14(10,12)13/h3-7H,1H2,2H3,(H2,10,12,13)/t7-/m1/s1. The van der Waals surface area contributed by atoms with Crippen molar-refractivity contribution >= 4 is 10.0 Å². The molecule has 2 N–H and O–H groups in total. The largest absolute Gasteiger partial charge is 0.255 e. The molecule has 0 aliphatic rings. The highest BCUT2D eigenvalue weighted by molar-refractivity contribution is 7.89. The van der Waals surface area contributed by atoms with E-state index in [2.05, 4.69) is 11.6 Å². The molecule has 0 radical (unpaired) electrons. The van der Waals surface area contributed by atoms with E-state index in [9.17, 15) is 8.42 Å². The van der Waals surface area contributed by atoms with E-state index in [4.69, 9.17) is 5.14 Å². The molecule has 0 aromatic carbocycles. The number of rotatable bonds is 3. The van der Waals surface area contributed by atoms with Crippen molar-refractivity contribution in [1.82, 2.24) is 4.98 Å². The second-order valence-corrected chi connectivity index (χ2v) is 4.44. The van der Waals surface area contributed by atoms with Crippen LogP contribution in [0.5, 0.6) is 0 Å². The Balaban J connectivity index is 3.37. The molecule has 0 unspecified atom stereocenters. The SMILES string of the molecule is C=C[C@@H](C)c1cccnc1S(N)(=O)=O. The first-order chi connectivity index (χ1) is 6.46. The van der Waals surface area contributed by atoms with E-state index in [0.717, 1.165) is 0 Å². The summed E-state index contributed by atoms with van der Waals surface area (Å²) in [5, 5.41) is 4.95. The zero-order valence-corrected chi connectivity index (χ0v) is 8.66. The predicted octanol–water partition coefficient (Wildman–Crippen LogP) is 1.02. The number of nitrogens with zero attached hydrogens (tertiary/aromatic N) is 1. The number of sulfonamides is 1. The van der Waals surface area contributed by atoms with Crippen LogP contribution in [0.1, 0.15) is 18.4 Å². The normalized spacial score (nSPS) is 13.6. The first kappa shape index (κ1) is 10.9. The van der Waals surface area contributed by atoms with Crippen LogP contribution in [0.2, 0.25) is 0 Å². The summed E-state index contributed by atoms with van der Waals surface area (Å²) in [7, 11) is -3.75. The van der Waals surface area contributed by atoms with Crippen LogP contribution in [-0.4, -0.2) is 13.4 Å². The van der Waals surface area contributed by atoms with Crippen molar-refractivity contribution in [3.05, 3.63) is 36.5 Å². The summed E-state index contributed by atoms with van der Waals surface area (Å²) in [6, 6.07) is 3.35. The predicted molar refractivity (Wildman–Crippen MR) is 54.2 cm³/mol. The van der Waals surface area contributed by atoms with Crippen LogP contribution in [-0.2, 0) is 10.0 Å². The zero-order chi connectivity index (χ0) is 10.8. The Morgan fingerprint density at radius 2 is 2.29 bits per heavy atom. The third-order valence-corrected chi connectivity index (χ3v) is 2.79. The summed E-state index contributed by atoms with van der Waals surface area (Å²) in [6.07, 6.45) is 3.05. The highest BCUT2D eigenvalue weighted by atomic mass is 32.2. The van der Waals surface area contributed by atoms with Gasteiger partial charge in [0.25, 0.3) is 10.0 Å². The van der Waals surface area contributed by atoms with Gasteiger partial charge in [-0.2, -0.15) is 0 Å². The minimum Gasteiger partial charge on any atom is -0.243 e. The molecule has 0 amide bonds. The van der Waals surface area contributed by atoms with Gasteiger partial charge in [-0.1, -0.05) is 19.1 Å². The maximum absolute atomic E-state index is 11.2. The minimum absolute atomic E-state index is 0.0765. The number of hydrogen-bond acceptors (Lipinski definition) is 3. The lowest BCUT2D eigenvalue weighted by Gasteiger charge is -2.09. The molecule has 0 saturated carbocycles. The van der Waals surface area contributed by atoms with Crippen molar-refractivity contribution in [2.75, 3.05) is 0 Å². The molecule has 1 aromatic heterocycles. The second-order valence-electron chi connectivity index (χ2n) is 2.97. The van der Waals surface area contributed by atoms with Crippen LogP contribution in [0, 0.1) is 0 Å². The molecule has 4 nitrogen and oxygen atoms in total. The van der Waals surface area contributed by atoms with Gasteiger partial charge in [0.1, 0.15) is 0 Å². The third-order valence-electron chi connectivity index (χ3n) is 1.91. The Kier molecular flexibility index (Phi) is 3.03. The maximum Gasteiger partial charge on any atom is 0.255 e. The molecule has 0 spiro atoms. The number of primary sulfonamides is 1. The van der Waals surface area contributed by atoms with Gasteiger partial charge in [-0.05, 0) is 11.6 Å². The van der Waals surface area contributed by atoms with Crippen molar-refractivity contribution in [2.24, 2.45) is 5.14 Å². The van der Waals surface area contributed by atoms with Crippen LogP contribution >= 0.6 is 0 Å². The molecular formula is C9H12N2O2S. The summed E-state index contributed by atoms with van der Waals surface area (Å²) in [5.74, 6) is -0.0861. The number of hydrogen-bond donors (Lipinski definition) is 1. The number of nitrogens with two attached hydrogens (primary N) is 1. The summed E-state index contributed by atoms with van der Waals surface area (Å²) >= 11 is 0. The number of allylic oxidation sites excluding steroid dienone is 1. The molecule has 5 heteroatoms. The quantitative estimate of drug-likeness (QED) is 0.760. The summed E-state index contributed by atoms with van der Waals surface area (Å²) in [6.45, 7) is 5.43. The molecule has 14 heavy (non-hydrogen) atoms.